The van der Waals surface area contributed by atoms with Gasteiger partial charge in [-0.15, -0.1) is 0 Å². The predicted octanol–water partition coefficient (Wildman–Crippen LogP) is 2.82. The first kappa shape index (κ1) is 10.7. The maximum Gasteiger partial charge on any atom is 0.282 e. The van der Waals surface area contributed by atoms with E-state index < -0.39 is 6.43 Å². The van der Waals surface area contributed by atoms with Gasteiger partial charge in [0.05, 0.1) is 11.9 Å². The summed E-state index contributed by atoms with van der Waals surface area (Å²) in [4.78, 5) is 4.01. The molecule has 0 saturated carbocycles. The Balaban J connectivity index is 2.48. The van der Waals surface area contributed by atoms with Gasteiger partial charge in [-0.05, 0) is 31.5 Å². The third kappa shape index (κ3) is 1.93. The lowest BCUT2D eigenvalue weighted by molar-refractivity contribution is 0.145. The Morgan fingerprint density at radius 3 is 2.50 bits per heavy atom. The Kier molecular flexibility index (Phi) is 2.68. The summed E-state index contributed by atoms with van der Waals surface area (Å²) in [5, 5.41) is 3.85. The fourth-order valence-electron chi connectivity index (χ4n) is 1.52. The summed E-state index contributed by atoms with van der Waals surface area (Å²) < 4.78 is 26.4. The van der Waals surface area contributed by atoms with Crippen LogP contribution in [0.3, 0.4) is 0 Å². The summed E-state index contributed by atoms with van der Waals surface area (Å²) in [6, 6.07) is 3.23. The van der Waals surface area contributed by atoms with Crippen LogP contribution in [0.5, 0.6) is 0 Å². The molecule has 0 saturated heterocycles. The van der Waals surface area contributed by atoms with E-state index in [1.165, 1.54) is 10.7 Å². The molecule has 0 atom stereocenters. The van der Waals surface area contributed by atoms with Crippen molar-refractivity contribution < 1.29 is 8.78 Å². The largest absolute Gasteiger partial charge is 0.282 e. The van der Waals surface area contributed by atoms with Gasteiger partial charge < -0.3 is 0 Å². The maximum atomic E-state index is 12.5. The van der Waals surface area contributed by atoms with E-state index in [-0.39, 0.29) is 5.69 Å². The quantitative estimate of drug-likeness (QED) is 0.783. The average molecular weight is 223 g/mol. The summed E-state index contributed by atoms with van der Waals surface area (Å²) in [6.45, 7) is 3.63. The van der Waals surface area contributed by atoms with Crippen LogP contribution in [-0.2, 0) is 0 Å². The van der Waals surface area contributed by atoms with Crippen molar-refractivity contribution in [1.82, 2.24) is 14.8 Å². The number of aryl methyl sites for hydroxylation is 2. The highest BCUT2D eigenvalue weighted by molar-refractivity contribution is 5.33. The smallest absolute Gasteiger partial charge is 0.262 e. The third-order valence-electron chi connectivity index (χ3n) is 2.24. The Hall–Kier alpha value is -1.78. The van der Waals surface area contributed by atoms with Crippen molar-refractivity contribution in [3.8, 4) is 5.69 Å². The van der Waals surface area contributed by atoms with Crippen LogP contribution in [0.1, 0.15) is 23.4 Å². The second-order valence-electron chi connectivity index (χ2n) is 3.64. The van der Waals surface area contributed by atoms with Gasteiger partial charge in [0.2, 0.25) is 0 Å². The van der Waals surface area contributed by atoms with Gasteiger partial charge in [0.1, 0.15) is 5.69 Å². The lowest BCUT2D eigenvalue weighted by Gasteiger charge is -2.03. The number of hydrogen-bond donors (Lipinski definition) is 0. The molecule has 16 heavy (non-hydrogen) atoms. The first-order valence-corrected chi connectivity index (χ1v) is 4.84. The lowest BCUT2D eigenvalue weighted by Crippen LogP contribution is -2.00. The molecule has 0 unspecified atom stereocenters. The zero-order chi connectivity index (χ0) is 11.7. The van der Waals surface area contributed by atoms with Gasteiger partial charge in [-0.1, -0.05) is 0 Å². The second kappa shape index (κ2) is 4.00. The third-order valence-corrected chi connectivity index (χ3v) is 2.24. The molecule has 2 aromatic heterocycles. The molecular weight excluding hydrogens is 212 g/mol. The second-order valence-corrected chi connectivity index (χ2v) is 3.64. The van der Waals surface area contributed by atoms with Crippen LogP contribution in [0.25, 0.3) is 5.69 Å². The number of pyridine rings is 1. The van der Waals surface area contributed by atoms with Crippen LogP contribution >= 0.6 is 0 Å². The Labute approximate surface area is 91.7 Å². The molecule has 2 rings (SSSR count). The molecule has 0 amide bonds. The predicted molar refractivity (Wildman–Crippen MR) is 55.8 cm³/mol. The molecule has 0 aromatic carbocycles. The van der Waals surface area contributed by atoms with Crippen LogP contribution in [0.2, 0.25) is 0 Å². The SMILES string of the molecule is Cc1cncc(-n2nc(C(F)F)cc2C)c1. The van der Waals surface area contributed by atoms with Crippen molar-refractivity contribution in [2.75, 3.05) is 0 Å². The first-order valence-electron chi connectivity index (χ1n) is 4.84. The van der Waals surface area contributed by atoms with E-state index >= 15 is 0 Å². The molecule has 0 aliphatic heterocycles. The molecule has 0 aliphatic carbocycles. The van der Waals surface area contributed by atoms with E-state index in [1.54, 1.807) is 19.3 Å². The van der Waals surface area contributed by atoms with Crippen LogP contribution in [-0.4, -0.2) is 14.8 Å². The molecule has 0 radical (unpaired) electrons. The van der Waals surface area contributed by atoms with Crippen molar-refractivity contribution in [1.29, 1.82) is 0 Å². The summed E-state index contributed by atoms with van der Waals surface area (Å²) in [6.07, 6.45) is 0.760. The van der Waals surface area contributed by atoms with Crippen molar-refractivity contribution in [3.63, 3.8) is 0 Å². The van der Waals surface area contributed by atoms with Gasteiger partial charge in [-0.25, -0.2) is 13.5 Å². The minimum absolute atomic E-state index is 0.209. The number of nitrogens with zero attached hydrogens (tertiary/aromatic N) is 3. The number of hydrogen-bond acceptors (Lipinski definition) is 2. The van der Waals surface area contributed by atoms with Gasteiger partial charge in [0.15, 0.2) is 0 Å². The van der Waals surface area contributed by atoms with Gasteiger partial charge in [-0.3, -0.25) is 4.98 Å². The van der Waals surface area contributed by atoms with Crippen molar-refractivity contribution >= 4 is 0 Å². The molecule has 2 heterocycles. The Morgan fingerprint density at radius 2 is 1.94 bits per heavy atom. The summed E-state index contributed by atoms with van der Waals surface area (Å²) >= 11 is 0. The summed E-state index contributed by atoms with van der Waals surface area (Å²) in [5.74, 6) is 0. The van der Waals surface area contributed by atoms with Gasteiger partial charge in [0, 0.05) is 11.9 Å². The van der Waals surface area contributed by atoms with E-state index in [4.69, 9.17) is 0 Å². The molecule has 3 nitrogen and oxygen atoms in total. The van der Waals surface area contributed by atoms with Gasteiger partial charge in [-0.2, -0.15) is 5.10 Å². The molecule has 2 aromatic rings. The Bertz CT molecular complexity index is 506. The van der Waals surface area contributed by atoms with E-state index in [9.17, 15) is 8.78 Å². The summed E-state index contributed by atoms with van der Waals surface area (Å²) in [7, 11) is 0. The number of rotatable bonds is 2. The van der Waals surface area contributed by atoms with Gasteiger partial charge >= 0.3 is 0 Å². The normalized spacial score (nSPS) is 11.1. The first-order chi connectivity index (χ1) is 7.58. The molecular formula is C11H11F2N3. The van der Waals surface area contributed by atoms with Crippen molar-refractivity contribution in [2.24, 2.45) is 0 Å². The monoisotopic (exact) mass is 223 g/mol. The van der Waals surface area contributed by atoms with E-state index in [2.05, 4.69) is 10.1 Å². The highest BCUT2D eigenvalue weighted by atomic mass is 19.3. The van der Waals surface area contributed by atoms with Crippen LogP contribution in [0.15, 0.2) is 24.5 Å². The zero-order valence-electron chi connectivity index (χ0n) is 8.98. The van der Waals surface area contributed by atoms with Crippen LogP contribution in [0.4, 0.5) is 8.78 Å². The number of alkyl halides is 2. The van der Waals surface area contributed by atoms with Crippen LogP contribution < -0.4 is 0 Å². The van der Waals surface area contributed by atoms with Crippen molar-refractivity contribution in [2.45, 2.75) is 20.3 Å². The topological polar surface area (TPSA) is 30.7 Å². The summed E-state index contributed by atoms with van der Waals surface area (Å²) in [5.41, 5.74) is 2.12. The molecule has 84 valence electrons. The fourth-order valence-corrected chi connectivity index (χ4v) is 1.52. The number of halogens is 2. The maximum absolute atomic E-state index is 12.5. The van der Waals surface area contributed by atoms with Gasteiger partial charge in [0.25, 0.3) is 6.43 Å². The molecule has 0 N–H and O–H groups in total. The minimum Gasteiger partial charge on any atom is -0.262 e. The fraction of sp³-hybridized carbons (Fsp3) is 0.273. The highest BCUT2D eigenvalue weighted by Gasteiger charge is 2.14. The molecule has 0 spiro atoms. The van der Waals surface area contributed by atoms with E-state index in [1.807, 2.05) is 13.0 Å². The zero-order valence-corrected chi connectivity index (χ0v) is 8.98. The molecule has 0 fully saturated rings. The van der Waals surface area contributed by atoms with E-state index in [0.717, 1.165) is 5.56 Å². The molecule has 0 bridgehead atoms. The van der Waals surface area contributed by atoms with E-state index in [0.29, 0.717) is 11.4 Å². The van der Waals surface area contributed by atoms with Crippen molar-refractivity contribution in [3.05, 3.63) is 41.5 Å². The molecule has 5 heteroatoms. The Morgan fingerprint density at radius 1 is 1.19 bits per heavy atom. The number of aromatic nitrogens is 3. The highest BCUT2D eigenvalue weighted by Crippen LogP contribution is 2.20. The standard InChI is InChI=1S/C11H11F2N3/c1-7-3-9(6-14-5-7)16-8(2)4-10(15-16)11(12)13/h3-6,11H,1-2H3. The minimum atomic E-state index is -2.54. The molecule has 0 aliphatic rings. The lowest BCUT2D eigenvalue weighted by atomic mass is 10.3. The van der Waals surface area contributed by atoms with Crippen LogP contribution in [0, 0.1) is 13.8 Å². The average Bonchev–Trinajstić information content (AvgIpc) is 2.60.